The third-order valence-electron chi connectivity index (χ3n) is 3.77. The first-order chi connectivity index (χ1) is 11.0. The largest absolute Gasteiger partial charge is 0.489 e. The maximum atomic E-state index is 6.00. The summed E-state index contributed by atoms with van der Waals surface area (Å²) >= 11 is 0. The molecule has 4 heteroatoms. The summed E-state index contributed by atoms with van der Waals surface area (Å²) in [6.07, 6.45) is 0. The van der Waals surface area contributed by atoms with Gasteiger partial charge in [-0.1, -0.05) is 33.8 Å². The first-order valence-electron chi connectivity index (χ1n) is 8.86. The number of nitrogens with one attached hydrogen (secondary N) is 1. The summed E-state index contributed by atoms with van der Waals surface area (Å²) in [6, 6.07) is 6.38. The molecule has 1 aromatic carbocycles. The summed E-state index contributed by atoms with van der Waals surface area (Å²) in [5, 5.41) is 3.39. The van der Waals surface area contributed by atoms with Crippen LogP contribution in [0.15, 0.2) is 18.2 Å². The quantitative estimate of drug-likeness (QED) is 0.798. The van der Waals surface area contributed by atoms with Crippen molar-refractivity contribution < 1.29 is 9.47 Å². The second-order valence-corrected chi connectivity index (χ2v) is 7.22. The Hall–Kier alpha value is -1.26. The highest BCUT2D eigenvalue weighted by atomic mass is 16.5. The van der Waals surface area contributed by atoms with E-state index in [2.05, 4.69) is 56.1 Å². The first-order valence-corrected chi connectivity index (χ1v) is 8.86. The summed E-state index contributed by atoms with van der Waals surface area (Å²) in [5.41, 5.74) is 1.29. The smallest absolute Gasteiger partial charge is 0.161 e. The van der Waals surface area contributed by atoms with Gasteiger partial charge >= 0.3 is 0 Å². The van der Waals surface area contributed by atoms with E-state index in [0.29, 0.717) is 11.8 Å². The molecule has 1 N–H and O–H groups in total. The van der Waals surface area contributed by atoms with E-state index in [0.717, 1.165) is 57.4 Å². The van der Waals surface area contributed by atoms with Gasteiger partial charge in [0.05, 0.1) is 13.2 Å². The number of rotatable bonds is 8. The summed E-state index contributed by atoms with van der Waals surface area (Å²) in [6.45, 7) is 15.4. The fraction of sp³-hybridized carbons (Fsp3) is 0.684. The highest BCUT2D eigenvalue weighted by Gasteiger charge is 2.13. The Balaban J connectivity index is 2.05. The van der Waals surface area contributed by atoms with E-state index in [4.69, 9.17) is 9.47 Å². The second kappa shape index (κ2) is 9.14. The Morgan fingerprint density at radius 2 is 1.57 bits per heavy atom. The number of benzene rings is 1. The fourth-order valence-electron chi connectivity index (χ4n) is 2.52. The normalized spacial score (nSPS) is 16.1. The van der Waals surface area contributed by atoms with Crippen molar-refractivity contribution in [3.05, 3.63) is 23.8 Å². The SMILES string of the molecule is CC(C)COc1ccc(CN2CCNCC2)cc1OCC(C)C. The van der Waals surface area contributed by atoms with Crippen molar-refractivity contribution >= 4 is 0 Å². The average molecular weight is 320 g/mol. The number of nitrogens with zero attached hydrogens (tertiary/aromatic N) is 1. The first kappa shape index (κ1) is 18.1. The van der Waals surface area contributed by atoms with Crippen molar-refractivity contribution in [1.29, 1.82) is 0 Å². The lowest BCUT2D eigenvalue weighted by Gasteiger charge is -2.27. The van der Waals surface area contributed by atoms with Crippen LogP contribution in [0.4, 0.5) is 0 Å². The van der Waals surface area contributed by atoms with Gasteiger partial charge in [0.25, 0.3) is 0 Å². The van der Waals surface area contributed by atoms with Gasteiger partial charge in [-0.2, -0.15) is 0 Å². The average Bonchev–Trinajstić information content (AvgIpc) is 2.52. The topological polar surface area (TPSA) is 33.7 Å². The molecule has 0 atom stereocenters. The van der Waals surface area contributed by atoms with Gasteiger partial charge in [0, 0.05) is 32.7 Å². The van der Waals surface area contributed by atoms with Crippen LogP contribution in [0, 0.1) is 11.8 Å². The van der Waals surface area contributed by atoms with E-state index in [-0.39, 0.29) is 0 Å². The number of ether oxygens (including phenoxy) is 2. The van der Waals surface area contributed by atoms with Gasteiger partial charge in [0.1, 0.15) is 0 Å². The molecule has 1 fully saturated rings. The summed E-state index contributed by atoms with van der Waals surface area (Å²) in [4.78, 5) is 2.48. The highest BCUT2D eigenvalue weighted by Crippen LogP contribution is 2.30. The van der Waals surface area contributed by atoms with Gasteiger partial charge in [-0.05, 0) is 29.5 Å². The van der Waals surface area contributed by atoms with E-state index in [1.807, 2.05) is 0 Å². The zero-order chi connectivity index (χ0) is 16.7. The molecule has 0 amide bonds. The molecular formula is C19H32N2O2. The number of hydrogen-bond acceptors (Lipinski definition) is 4. The molecule has 0 spiro atoms. The van der Waals surface area contributed by atoms with Crippen molar-refractivity contribution in [2.24, 2.45) is 11.8 Å². The Morgan fingerprint density at radius 3 is 2.17 bits per heavy atom. The van der Waals surface area contributed by atoms with Crippen LogP contribution >= 0.6 is 0 Å². The van der Waals surface area contributed by atoms with Crippen LogP contribution in [-0.2, 0) is 6.54 Å². The highest BCUT2D eigenvalue weighted by molar-refractivity contribution is 5.43. The molecule has 1 aliphatic heterocycles. The minimum atomic E-state index is 0.504. The van der Waals surface area contributed by atoms with Gasteiger partial charge in [0.15, 0.2) is 11.5 Å². The Kier molecular flexibility index (Phi) is 7.18. The van der Waals surface area contributed by atoms with Crippen LogP contribution in [0.2, 0.25) is 0 Å². The number of hydrogen-bond donors (Lipinski definition) is 1. The van der Waals surface area contributed by atoms with Crippen molar-refractivity contribution in [3.63, 3.8) is 0 Å². The molecule has 1 saturated heterocycles. The van der Waals surface area contributed by atoms with Crippen molar-refractivity contribution in [3.8, 4) is 11.5 Å². The van der Waals surface area contributed by atoms with Gasteiger partial charge in [-0.15, -0.1) is 0 Å². The van der Waals surface area contributed by atoms with Crippen molar-refractivity contribution in [1.82, 2.24) is 10.2 Å². The van der Waals surface area contributed by atoms with Gasteiger partial charge in [0.2, 0.25) is 0 Å². The minimum Gasteiger partial charge on any atom is -0.489 e. The molecule has 1 aromatic rings. The molecule has 130 valence electrons. The molecule has 0 radical (unpaired) electrons. The zero-order valence-electron chi connectivity index (χ0n) is 15.1. The van der Waals surface area contributed by atoms with Crippen LogP contribution in [0.5, 0.6) is 11.5 Å². The van der Waals surface area contributed by atoms with Gasteiger partial charge < -0.3 is 14.8 Å². The van der Waals surface area contributed by atoms with Crippen LogP contribution in [0.1, 0.15) is 33.3 Å². The molecular weight excluding hydrogens is 288 g/mol. The molecule has 0 bridgehead atoms. The molecule has 0 aromatic heterocycles. The van der Waals surface area contributed by atoms with Crippen LogP contribution in [0.3, 0.4) is 0 Å². The van der Waals surface area contributed by atoms with E-state index in [9.17, 15) is 0 Å². The molecule has 0 aliphatic carbocycles. The van der Waals surface area contributed by atoms with Crippen molar-refractivity contribution in [2.45, 2.75) is 34.2 Å². The maximum absolute atomic E-state index is 6.00. The Morgan fingerprint density at radius 1 is 0.957 bits per heavy atom. The third kappa shape index (κ3) is 6.40. The molecule has 1 aliphatic rings. The summed E-state index contributed by atoms with van der Waals surface area (Å²) < 4.78 is 11.9. The van der Waals surface area contributed by atoms with Gasteiger partial charge in [-0.25, -0.2) is 0 Å². The predicted octanol–water partition coefficient (Wildman–Crippen LogP) is 3.16. The van der Waals surface area contributed by atoms with E-state index in [1.165, 1.54) is 5.56 Å². The van der Waals surface area contributed by atoms with Crippen LogP contribution in [-0.4, -0.2) is 44.3 Å². The monoisotopic (exact) mass is 320 g/mol. The molecule has 0 unspecified atom stereocenters. The summed E-state index contributed by atoms with van der Waals surface area (Å²) in [7, 11) is 0. The lowest BCUT2D eigenvalue weighted by Crippen LogP contribution is -2.42. The zero-order valence-corrected chi connectivity index (χ0v) is 15.1. The lowest BCUT2D eigenvalue weighted by molar-refractivity contribution is 0.224. The van der Waals surface area contributed by atoms with E-state index < -0.39 is 0 Å². The molecule has 2 rings (SSSR count). The maximum Gasteiger partial charge on any atom is 0.161 e. The minimum absolute atomic E-state index is 0.504. The second-order valence-electron chi connectivity index (χ2n) is 7.22. The Labute approximate surface area is 141 Å². The molecule has 4 nitrogen and oxygen atoms in total. The lowest BCUT2D eigenvalue weighted by atomic mass is 10.1. The standard InChI is InChI=1S/C19H32N2O2/c1-15(2)13-22-18-6-5-17(11-19(18)23-14-16(3)4)12-21-9-7-20-8-10-21/h5-6,11,15-16,20H,7-10,12-14H2,1-4H3. The summed E-state index contributed by atoms with van der Waals surface area (Å²) in [5.74, 6) is 2.76. The van der Waals surface area contributed by atoms with E-state index in [1.54, 1.807) is 0 Å². The van der Waals surface area contributed by atoms with Gasteiger partial charge in [-0.3, -0.25) is 4.90 Å². The fourth-order valence-corrected chi connectivity index (χ4v) is 2.52. The molecule has 23 heavy (non-hydrogen) atoms. The van der Waals surface area contributed by atoms with Crippen LogP contribution in [0.25, 0.3) is 0 Å². The molecule has 1 heterocycles. The molecule has 0 saturated carbocycles. The third-order valence-corrected chi connectivity index (χ3v) is 3.77. The predicted molar refractivity (Wildman–Crippen MR) is 95.3 cm³/mol. The van der Waals surface area contributed by atoms with E-state index >= 15 is 0 Å². The Bertz CT molecular complexity index is 468. The van der Waals surface area contributed by atoms with Crippen molar-refractivity contribution in [2.75, 3.05) is 39.4 Å². The van der Waals surface area contributed by atoms with Crippen LogP contribution < -0.4 is 14.8 Å². The number of piperazine rings is 1.